The van der Waals surface area contributed by atoms with Crippen molar-refractivity contribution in [1.29, 1.82) is 0 Å². The van der Waals surface area contributed by atoms with E-state index in [0.29, 0.717) is 17.8 Å². The number of carbonyl (C=O) groups is 2. The second kappa shape index (κ2) is 12.5. The van der Waals surface area contributed by atoms with Crippen LogP contribution in [0.25, 0.3) is 11.3 Å². The Morgan fingerprint density at radius 2 is 1.70 bits per heavy atom. The Hall–Kier alpha value is -4.64. The van der Waals surface area contributed by atoms with Crippen molar-refractivity contribution in [2.24, 2.45) is 0 Å². The van der Waals surface area contributed by atoms with E-state index in [9.17, 15) is 18.0 Å². The van der Waals surface area contributed by atoms with E-state index in [2.05, 4.69) is 15.3 Å². The van der Waals surface area contributed by atoms with Crippen molar-refractivity contribution in [2.75, 3.05) is 7.11 Å². The van der Waals surface area contributed by atoms with Crippen molar-refractivity contribution in [3.8, 4) is 17.0 Å². The first-order valence-corrected chi connectivity index (χ1v) is 15.8. The Morgan fingerprint density at radius 3 is 2.32 bits per heavy atom. The number of sulfonamides is 1. The molecule has 1 aliphatic rings. The van der Waals surface area contributed by atoms with Crippen molar-refractivity contribution in [1.82, 2.24) is 19.6 Å². The molecule has 2 amide bonds. The number of ether oxygens (including phenoxy) is 2. The van der Waals surface area contributed by atoms with Gasteiger partial charge in [-0.25, -0.2) is 22.5 Å². The number of nitrogens with zero attached hydrogens (tertiary/aromatic N) is 2. The molecular formula is C33H36N4O6S. The maximum atomic E-state index is 13.3. The summed E-state index contributed by atoms with van der Waals surface area (Å²) in [5.74, 6) is 0.857. The number of aromatic amines is 1. The average Bonchev–Trinajstić information content (AvgIpc) is 3.58. The molecule has 11 heteroatoms. The molecule has 230 valence electrons. The third-order valence-corrected chi connectivity index (χ3v) is 9.85. The van der Waals surface area contributed by atoms with Gasteiger partial charge in [0.25, 0.3) is 0 Å². The molecule has 0 spiro atoms. The van der Waals surface area contributed by atoms with Crippen LogP contribution in [0, 0.1) is 0 Å². The maximum Gasteiger partial charge on any atom is 0.408 e. The third kappa shape index (κ3) is 6.78. The molecule has 1 aromatic heterocycles. The van der Waals surface area contributed by atoms with Crippen molar-refractivity contribution in [2.45, 2.75) is 57.1 Å². The lowest BCUT2D eigenvalue weighted by atomic mass is 10.0. The zero-order chi connectivity index (χ0) is 31.5. The number of rotatable bonds is 9. The van der Waals surface area contributed by atoms with Crippen molar-refractivity contribution in [3.05, 3.63) is 108 Å². The van der Waals surface area contributed by atoms with Gasteiger partial charge in [-0.3, -0.25) is 4.79 Å². The molecule has 4 aromatic rings. The summed E-state index contributed by atoms with van der Waals surface area (Å²) in [4.78, 5) is 33.4. The van der Waals surface area contributed by atoms with Crippen molar-refractivity contribution >= 4 is 22.0 Å². The Kier molecular flexibility index (Phi) is 8.78. The van der Waals surface area contributed by atoms with E-state index < -0.39 is 38.9 Å². The standard InChI is InChI=1S/C33H36N4O6S/c1-33(2,3)37-30(38)19-29(44(37,40)41)25-12-10-22(11-13-25)18-27(36-32(39)43-21-23-8-6-5-7-9-23)31-34-20-28(35-31)24-14-16-26(42-4)17-15-24/h5-17,20,27,29H,18-19,21H2,1-4H3,(H,34,35)(H,36,39). The van der Waals surface area contributed by atoms with E-state index in [4.69, 9.17) is 9.47 Å². The monoisotopic (exact) mass is 616 g/mol. The number of methoxy groups -OCH3 is 1. The average molecular weight is 617 g/mol. The SMILES string of the molecule is COc1ccc(-c2cnc(C(Cc3ccc(C4CC(=O)N(C(C)(C)C)S4(=O)=O)cc3)NC(=O)OCc3ccccc3)[nH]2)cc1. The zero-order valence-corrected chi connectivity index (χ0v) is 25.9. The summed E-state index contributed by atoms with van der Waals surface area (Å²) < 4.78 is 38.3. The smallest absolute Gasteiger partial charge is 0.408 e. The summed E-state index contributed by atoms with van der Waals surface area (Å²) in [7, 11) is -2.25. The fraction of sp³-hybridized carbons (Fsp3) is 0.303. The molecule has 5 rings (SSSR count). The molecule has 10 nitrogen and oxygen atoms in total. The molecule has 44 heavy (non-hydrogen) atoms. The van der Waals surface area contributed by atoms with Gasteiger partial charge in [-0.2, -0.15) is 0 Å². The van der Waals surface area contributed by atoms with Gasteiger partial charge in [0.1, 0.15) is 23.4 Å². The molecule has 0 radical (unpaired) electrons. The summed E-state index contributed by atoms with van der Waals surface area (Å²) in [5.41, 5.74) is 3.06. The summed E-state index contributed by atoms with van der Waals surface area (Å²) in [5, 5.41) is 1.98. The molecule has 0 saturated carbocycles. The molecule has 1 saturated heterocycles. The fourth-order valence-corrected chi connectivity index (χ4v) is 7.55. The van der Waals surface area contributed by atoms with E-state index in [1.54, 1.807) is 46.2 Å². The molecule has 2 N–H and O–H groups in total. The van der Waals surface area contributed by atoms with Gasteiger partial charge in [0.15, 0.2) is 0 Å². The highest BCUT2D eigenvalue weighted by molar-refractivity contribution is 7.90. The Bertz CT molecular complexity index is 1710. The summed E-state index contributed by atoms with van der Waals surface area (Å²) in [6.45, 7) is 5.24. The van der Waals surface area contributed by atoms with Crippen LogP contribution in [0.1, 0.15) is 61.0 Å². The fourth-order valence-electron chi connectivity index (χ4n) is 5.32. The first-order chi connectivity index (χ1) is 21.0. The Balaban J connectivity index is 1.36. The molecule has 2 atom stereocenters. The van der Waals surface area contributed by atoms with Crippen molar-refractivity contribution < 1.29 is 27.5 Å². The minimum Gasteiger partial charge on any atom is -0.497 e. The van der Waals surface area contributed by atoms with Crippen LogP contribution < -0.4 is 10.1 Å². The van der Waals surface area contributed by atoms with Gasteiger partial charge < -0.3 is 19.8 Å². The van der Waals surface area contributed by atoms with Gasteiger partial charge in [-0.15, -0.1) is 0 Å². The van der Waals surface area contributed by atoms with E-state index >= 15 is 0 Å². The predicted molar refractivity (Wildman–Crippen MR) is 166 cm³/mol. The molecular weight excluding hydrogens is 580 g/mol. The quantitative estimate of drug-likeness (QED) is 0.247. The van der Waals surface area contributed by atoms with Crippen LogP contribution in [0.15, 0.2) is 85.1 Å². The lowest BCUT2D eigenvalue weighted by Crippen LogP contribution is -2.45. The number of hydrogen-bond acceptors (Lipinski definition) is 7. The van der Waals surface area contributed by atoms with Crippen LogP contribution in [0.3, 0.4) is 0 Å². The Morgan fingerprint density at radius 1 is 1.02 bits per heavy atom. The lowest BCUT2D eigenvalue weighted by molar-refractivity contribution is -0.128. The van der Waals surface area contributed by atoms with Crippen LogP contribution in [0.2, 0.25) is 0 Å². The molecule has 2 heterocycles. The molecule has 2 unspecified atom stereocenters. The van der Waals surface area contributed by atoms with E-state index in [1.165, 1.54) is 0 Å². The number of amides is 2. The molecule has 1 aliphatic heterocycles. The lowest BCUT2D eigenvalue weighted by Gasteiger charge is -2.30. The number of H-pyrrole nitrogens is 1. The van der Waals surface area contributed by atoms with Gasteiger partial charge in [0.2, 0.25) is 15.9 Å². The number of carbonyl (C=O) groups excluding carboxylic acids is 2. The number of imidazole rings is 1. The molecule has 0 bridgehead atoms. The first kappa shape index (κ1) is 30.8. The van der Waals surface area contributed by atoms with E-state index in [-0.39, 0.29) is 13.0 Å². The Labute approximate surface area is 257 Å². The van der Waals surface area contributed by atoms with Crippen LogP contribution in [0.5, 0.6) is 5.75 Å². The largest absolute Gasteiger partial charge is 0.497 e. The van der Waals surface area contributed by atoms with Crippen LogP contribution in [0.4, 0.5) is 4.79 Å². The topological polar surface area (TPSA) is 131 Å². The molecule has 3 aromatic carbocycles. The summed E-state index contributed by atoms with van der Waals surface area (Å²) >= 11 is 0. The van der Waals surface area contributed by atoms with Crippen LogP contribution in [-0.2, 0) is 32.6 Å². The summed E-state index contributed by atoms with van der Waals surface area (Å²) in [6.07, 6.45) is 1.35. The molecule has 1 fully saturated rings. The van der Waals surface area contributed by atoms with Gasteiger partial charge in [-0.05, 0) is 67.3 Å². The second-order valence-corrected chi connectivity index (χ2v) is 13.6. The van der Waals surface area contributed by atoms with Gasteiger partial charge in [0, 0.05) is 6.42 Å². The number of alkyl carbamates (subject to hydrolysis) is 1. The highest BCUT2D eigenvalue weighted by Crippen LogP contribution is 2.40. The minimum atomic E-state index is -3.85. The number of hydrogen-bond donors (Lipinski definition) is 2. The van der Waals surface area contributed by atoms with Gasteiger partial charge >= 0.3 is 6.09 Å². The van der Waals surface area contributed by atoms with E-state index in [1.807, 2.05) is 66.7 Å². The van der Waals surface area contributed by atoms with Crippen molar-refractivity contribution in [3.63, 3.8) is 0 Å². The van der Waals surface area contributed by atoms with Gasteiger partial charge in [0.05, 0.1) is 37.0 Å². The zero-order valence-electron chi connectivity index (χ0n) is 25.1. The van der Waals surface area contributed by atoms with Crippen LogP contribution >= 0.6 is 0 Å². The normalized spacial score (nSPS) is 16.9. The highest BCUT2D eigenvalue weighted by atomic mass is 32.2. The predicted octanol–water partition coefficient (Wildman–Crippen LogP) is 5.70. The third-order valence-electron chi connectivity index (χ3n) is 7.43. The molecule has 0 aliphatic carbocycles. The second-order valence-electron chi connectivity index (χ2n) is 11.7. The summed E-state index contributed by atoms with van der Waals surface area (Å²) in [6, 6.07) is 23.4. The van der Waals surface area contributed by atoms with Gasteiger partial charge in [-0.1, -0.05) is 54.6 Å². The minimum absolute atomic E-state index is 0.100. The highest BCUT2D eigenvalue weighted by Gasteiger charge is 2.49. The maximum absolute atomic E-state index is 13.3. The number of nitrogens with one attached hydrogen (secondary N) is 2. The number of benzene rings is 3. The van der Waals surface area contributed by atoms with E-state index in [0.717, 1.165) is 32.4 Å². The van der Waals surface area contributed by atoms with Crippen LogP contribution in [-0.4, -0.2) is 47.3 Å². The number of aromatic nitrogens is 2. The first-order valence-electron chi connectivity index (χ1n) is 14.3.